The fraction of sp³-hybridized carbons (Fsp3) is 0.722. The molecule has 0 aliphatic rings. The summed E-state index contributed by atoms with van der Waals surface area (Å²) >= 11 is 0. The van der Waals surface area contributed by atoms with E-state index in [0.29, 0.717) is 6.42 Å². The molecule has 0 fully saturated rings. The number of hydrogen-bond donors (Lipinski definition) is 2. The van der Waals surface area contributed by atoms with Crippen molar-refractivity contribution in [2.75, 3.05) is 0 Å². The molecule has 0 aromatic carbocycles. The number of carboxylic acid groups (broad SMARTS) is 1. The molecule has 0 amide bonds. The van der Waals surface area contributed by atoms with Gasteiger partial charge in [0.2, 0.25) is 0 Å². The SMILES string of the molecule is C#CCCCCCCC=CCCCCCCC(O)C(=O)O. The third kappa shape index (κ3) is 14.9. The van der Waals surface area contributed by atoms with E-state index in [9.17, 15) is 4.79 Å². The van der Waals surface area contributed by atoms with Crippen LogP contribution in [0.3, 0.4) is 0 Å². The van der Waals surface area contributed by atoms with Gasteiger partial charge in [-0.25, -0.2) is 4.79 Å². The van der Waals surface area contributed by atoms with Crippen molar-refractivity contribution in [1.82, 2.24) is 0 Å². The Hall–Kier alpha value is -1.27. The van der Waals surface area contributed by atoms with Crippen molar-refractivity contribution in [3.63, 3.8) is 0 Å². The topological polar surface area (TPSA) is 57.5 Å². The minimum atomic E-state index is -1.19. The molecule has 3 heteroatoms. The number of unbranched alkanes of at least 4 members (excludes halogenated alkanes) is 9. The maximum atomic E-state index is 10.4. The highest BCUT2D eigenvalue weighted by Gasteiger charge is 2.11. The van der Waals surface area contributed by atoms with E-state index in [1.807, 2.05) is 0 Å². The Balaban J connectivity index is 3.19. The average molecular weight is 294 g/mol. The predicted molar refractivity (Wildman–Crippen MR) is 87.0 cm³/mol. The lowest BCUT2D eigenvalue weighted by Crippen LogP contribution is -2.18. The van der Waals surface area contributed by atoms with Crippen LogP contribution in [0.4, 0.5) is 0 Å². The van der Waals surface area contributed by atoms with Crippen molar-refractivity contribution in [2.24, 2.45) is 0 Å². The first kappa shape index (κ1) is 19.7. The lowest BCUT2D eigenvalue weighted by molar-refractivity contribution is -0.146. The minimum Gasteiger partial charge on any atom is -0.479 e. The molecule has 0 aromatic rings. The van der Waals surface area contributed by atoms with Gasteiger partial charge in [0, 0.05) is 6.42 Å². The van der Waals surface area contributed by atoms with Gasteiger partial charge in [-0.05, 0) is 38.5 Å². The van der Waals surface area contributed by atoms with Crippen LogP contribution in [-0.2, 0) is 4.79 Å². The molecule has 0 radical (unpaired) electrons. The van der Waals surface area contributed by atoms with Crippen molar-refractivity contribution in [2.45, 2.75) is 83.2 Å². The first-order chi connectivity index (χ1) is 10.2. The minimum absolute atomic E-state index is 0.366. The van der Waals surface area contributed by atoms with E-state index in [2.05, 4.69) is 18.1 Å². The summed E-state index contributed by atoms with van der Waals surface area (Å²) in [6.07, 6.45) is 20.9. The van der Waals surface area contributed by atoms with Gasteiger partial charge in [0.15, 0.2) is 6.10 Å². The number of carboxylic acids is 1. The quantitative estimate of drug-likeness (QED) is 0.285. The number of terminal acetylenes is 1. The molecular formula is C18H30O3. The number of carbonyl (C=O) groups is 1. The second-order valence-electron chi connectivity index (χ2n) is 5.47. The van der Waals surface area contributed by atoms with Crippen LogP contribution in [0, 0.1) is 12.3 Å². The predicted octanol–water partition coefficient (Wildman–Crippen LogP) is 4.30. The highest BCUT2D eigenvalue weighted by molar-refractivity contribution is 5.71. The molecule has 0 aliphatic heterocycles. The summed E-state index contributed by atoms with van der Waals surface area (Å²) in [6.45, 7) is 0. The first-order valence-corrected chi connectivity index (χ1v) is 8.17. The van der Waals surface area contributed by atoms with Gasteiger partial charge >= 0.3 is 5.97 Å². The summed E-state index contributed by atoms with van der Waals surface area (Å²) in [6, 6.07) is 0. The normalized spacial score (nSPS) is 12.4. The van der Waals surface area contributed by atoms with E-state index in [4.69, 9.17) is 16.6 Å². The third-order valence-corrected chi connectivity index (χ3v) is 3.49. The zero-order valence-corrected chi connectivity index (χ0v) is 13.1. The molecule has 21 heavy (non-hydrogen) atoms. The molecule has 0 bridgehead atoms. The van der Waals surface area contributed by atoms with Crippen LogP contribution in [-0.4, -0.2) is 22.3 Å². The maximum absolute atomic E-state index is 10.4. The molecule has 0 spiro atoms. The maximum Gasteiger partial charge on any atom is 0.332 e. The van der Waals surface area contributed by atoms with Crippen LogP contribution in [0.1, 0.15) is 77.0 Å². The fourth-order valence-corrected chi connectivity index (χ4v) is 2.16. The van der Waals surface area contributed by atoms with Gasteiger partial charge in [-0.15, -0.1) is 12.3 Å². The van der Waals surface area contributed by atoms with Gasteiger partial charge in [0.1, 0.15) is 0 Å². The second kappa shape index (κ2) is 15.1. The van der Waals surface area contributed by atoms with E-state index in [0.717, 1.165) is 51.4 Å². The van der Waals surface area contributed by atoms with Crippen molar-refractivity contribution >= 4 is 5.97 Å². The van der Waals surface area contributed by atoms with Crippen LogP contribution in [0.25, 0.3) is 0 Å². The van der Waals surface area contributed by atoms with Gasteiger partial charge in [-0.1, -0.05) is 44.3 Å². The summed E-state index contributed by atoms with van der Waals surface area (Å²) in [7, 11) is 0. The third-order valence-electron chi connectivity index (χ3n) is 3.49. The molecule has 0 saturated heterocycles. The lowest BCUT2D eigenvalue weighted by atomic mass is 10.1. The summed E-state index contributed by atoms with van der Waals surface area (Å²) in [5.74, 6) is 1.55. The van der Waals surface area contributed by atoms with Crippen LogP contribution in [0.15, 0.2) is 12.2 Å². The number of aliphatic carboxylic acids is 1. The molecule has 0 saturated carbocycles. The lowest BCUT2D eigenvalue weighted by Gasteiger charge is -2.04. The van der Waals surface area contributed by atoms with E-state index in [-0.39, 0.29) is 0 Å². The van der Waals surface area contributed by atoms with Crippen LogP contribution in [0.2, 0.25) is 0 Å². The molecule has 1 atom stereocenters. The Bertz CT molecular complexity index is 315. The molecule has 0 aromatic heterocycles. The molecule has 0 heterocycles. The molecule has 0 rings (SSSR count). The van der Waals surface area contributed by atoms with Gasteiger partial charge in [0.25, 0.3) is 0 Å². The van der Waals surface area contributed by atoms with Crippen LogP contribution in [0.5, 0.6) is 0 Å². The molecule has 2 N–H and O–H groups in total. The summed E-state index contributed by atoms with van der Waals surface area (Å²) in [5.41, 5.74) is 0. The van der Waals surface area contributed by atoms with Gasteiger partial charge in [-0.2, -0.15) is 0 Å². The van der Waals surface area contributed by atoms with Crippen molar-refractivity contribution in [1.29, 1.82) is 0 Å². The molecule has 3 nitrogen and oxygen atoms in total. The Morgan fingerprint density at radius 2 is 1.48 bits per heavy atom. The number of aliphatic hydroxyl groups is 1. The van der Waals surface area contributed by atoms with E-state index in [1.54, 1.807) is 0 Å². The number of allylic oxidation sites excluding steroid dienone is 2. The first-order valence-electron chi connectivity index (χ1n) is 8.17. The molecule has 0 aliphatic carbocycles. The molecule has 120 valence electrons. The average Bonchev–Trinajstić information content (AvgIpc) is 2.47. The molecule has 1 unspecified atom stereocenters. The Kier molecular flexibility index (Phi) is 14.2. The van der Waals surface area contributed by atoms with Crippen molar-refractivity contribution in [3.8, 4) is 12.3 Å². The zero-order valence-electron chi connectivity index (χ0n) is 13.1. The van der Waals surface area contributed by atoms with Crippen LogP contribution >= 0.6 is 0 Å². The number of aliphatic hydroxyl groups excluding tert-OH is 1. The van der Waals surface area contributed by atoms with E-state index >= 15 is 0 Å². The van der Waals surface area contributed by atoms with Crippen LogP contribution < -0.4 is 0 Å². The van der Waals surface area contributed by atoms with E-state index in [1.165, 1.54) is 19.3 Å². The monoisotopic (exact) mass is 294 g/mol. The Morgan fingerprint density at radius 3 is 2.00 bits per heavy atom. The van der Waals surface area contributed by atoms with Gasteiger partial charge in [0.05, 0.1) is 0 Å². The standard InChI is InChI=1S/C18H30O3/c1-2-3-4-5-6-7-8-9-10-11-12-13-14-15-16-17(19)18(20)21/h1,9-10,17,19H,3-8,11-16H2,(H,20,21). The highest BCUT2D eigenvalue weighted by Crippen LogP contribution is 2.09. The Labute approximate surface area is 129 Å². The van der Waals surface area contributed by atoms with Gasteiger partial charge in [-0.3, -0.25) is 0 Å². The summed E-state index contributed by atoms with van der Waals surface area (Å²) < 4.78 is 0. The fourth-order valence-electron chi connectivity index (χ4n) is 2.16. The zero-order chi connectivity index (χ0) is 15.8. The largest absolute Gasteiger partial charge is 0.479 e. The number of rotatable bonds is 14. The van der Waals surface area contributed by atoms with E-state index < -0.39 is 12.1 Å². The summed E-state index contributed by atoms with van der Waals surface area (Å²) in [4.78, 5) is 10.4. The van der Waals surface area contributed by atoms with Crippen molar-refractivity contribution < 1.29 is 15.0 Å². The van der Waals surface area contributed by atoms with Gasteiger partial charge < -0.3 is 10.2 Å². The molecular weight excluding hydrogens is 264 g/mol. The van der Waals surface area contributed by atoms with Crippen molar-refractivity contribution in [3.05, 3.63) is 12.2 Å². The highest BCUT2D eigenvalue weighted by atomic mass is 16.4. The Morgan fingerprint density at radius 1 is 0.952 bits per heavy atom. The smallest absolute Gasteiger partial charge is 0.332 e. The number of hydrogen-bond acceptors (Lipinski definition) is 2. The second-order valence-corrected chi connectivity index (χ2v) is 5.47. The summed E-state index contributed by atoms with van der Waals surface area (Å²) in [5, 5.41) is 17.6.